The highest BCUT2D eigenvalue weighted by Crippen LogP contribution is 2.26. The molecule has 0 saturated carbocycles. The lowest BCUT2D eigenvalue weighted by Crippen LogP contribution is -2.38. The van der Waals surface area contributed by atoms with Crippen molar-refractivity contribution in [2.45, 2.75) is 20.0 Å². The first-order valence-electron chi connectivity index (χ1n) is 8.19. The summed E-state index contributed by atoms with van der Waals surface area (Å²) in [6, 6.07) is 9.65. The summed E-state index contributed by atoms with van der Waals surface area (Å²) in [4.78, 5) is 19.0. The van der Waals surface area contributed by atoms with Crippen LogP contribution in [0.25, 0.3) is 11.3 Å². The smallest absolute Gasteiger partial charge is 0.257 e. The van der Waals surface area contributed by atoms with Crippen LogP contribution < -0.4 is 4.74 Å². The number of ether oxygens (including phenoxy) is 1. The first kappa shape index (κ1) is 15.5. The molecule has 25 heavy (non-hydrogen) atoms. The van der Waals surface area contributed by atoms with Crippen LogP contribution in [0.3, 0.4) is 0 Å². The van der Waals surface area contributed by atoms with E-state index in [-0.39, 0.29) is 5.91 Å². The molecule has 3 heterocycles. The largest absolute Gasteiger partial charge is 0.497 e. The minimum atomic E-state index is -0.00787. The Bertz CT molecular complexity index is 908. The molecule has 6 nitrogen and oxygen atoms in total. The molecule has 0 bridgehead atoms. The maximum absolute atomic E-state index is 12.7. The van der Waals surface area contributed by atoms with E-state index in [0.717, 1.165) is 29.4 Å². The van der Waals surface area contributed by atoms with Crippen LogP contribution >= 0.6 is 0 Å². The molecular weight excluding hydrogens is 318 g/mol. The Balaban J connectivity index is 1.58. The monoisotopic (exact) mass is 337 g/mol. The summed E-state index contributed by atoms with van der Waals surface area (Å²) < 4.78 is 12.6. The first-order chi connectivity index (χ1) is 12.2. The summed E-state index contributed by atoms with van der Waals surface area (Å²) in [5.41, 5.74) is 2.77. The van der Waals surface area contributed by atoms with Gasteiger partial charge in [-0.25, -0.2) is 4.98 Å². The normalized spacial score (nSPS) is 13.6. The van der Waals surface area contributed by atoms with Gasteiger partial charge in [0.1, 0.15) is 17.3 Å². The summed E-state index contributed by atoms with van der Waals surface area (Å²) in [5, 5.41) is 0. The standard InChI is InChI=1S/C19H19N3O3/c1-13-16(7-10-25-13)19(23)21-8-9-22-17(11-20-18(22)12-21)14-3-5-15(24-2)6-4-14/h3-7,10-11H,8-9,12H2,1-2H3. The highest BCUT2D eigenvalue weighted by atomic mass is 16.5. The van der Waals surface area contributed by atoms with Crippen molar-refractivity contribution in [1.29, 1.82) is 0 Å². The van der Waals surface area contributed by atoms with Gasteiger partial charge in [0, 0.05) is 18.7 Å². The van der Waals surface area contributed by atoms with E-state index in [4.69, 9.17) is 9.15 Å². The van der Waals surface area contributed by atoms with Crippen LogP contribution in [0, 0.1) is 6.92 Å². The predicted octanol–water partition coefficient (Wildman–Crippen LogP) is 3.12. The summed E-state index contributed by atoms with van der Waals surface area (Å²) in [6.45, 7) is 3.68. The van der Waals surface area contributed by atoms with E-state index < -0.39 is 0 Å². The van der Waals surface area contributed by atoms with Crippen molar-refractivity contribution < 1.29 is 13.9 Å². The van der Waals surface area contributed by atoms with Crippen molar-refractivity contribution >= 4 is 5.91 Å². The number of carbonyl (C=O) groups excluding carboxylic acids is 1. The summed E-state index contributed by atoms with van der Waals surface area (Å²) >= 11 is 0. The summed E-state index contributed by atoms with van der Waals surface area (Å²) in [7, 11) is 1.66. The van der Waals surface area contributed by atoms with Gasteiger partial charge in [-0.15, -0.1) is 0 Å². The van der Waals surface area contributed by atoms with E-state index in [2.05, 4.69) is 9.55 Å². The third-order valence-corrected chi connectivity index (χ3v) is 4.63. The Morgan fingerprint density at radius 3 is 2.68 bits per heavy atom. The second kappa shape index (κ2) is 6.12. The molecule has 0 aliphatic carbocycles. The maximum Gasteiger partial charge on any atom is 0.257 e. The molecule has 0 unspecified atom stereocenters. The van der Waals surface area contributed by atoms with E-state index in [0.29, 0.717) is 24.4 Å². The van der Waals surface area contributed by atoms with Crippen LogP contribution in [0.4, 0.5) is 0 Å². The first-order valence-corrected chi connectivity index (χ1v) is 8.19. The Labute approximate surface area is 145 Å². The number of fused-ring (bicyclic) bond motifs is 1. The number of hydrogen-bond donors (Lipinski definition) is 0. The van der Waals surface area contributed by atoms with Crippen LogP contribution in [0.15, 0.2) is 47.2 Å². The number of nitrogens with zero attached hydrogens (tertiary/aromatic N) is 3. The van der Waals surface area contributed by atoms with E-state index in [1.54, 1.807) is 26.4 Å². The van der Waals surface area contributed by atoms with E-state index in [9.17, 15) is 4.79 Å². The highest BCUT2D eigenvalue weighted by molar-refractivity contribution is 5.95. The molecule has 2 aromatic heterocycles. The molecule has 1 amide bonds. The molecule has 1 aromatic carbocycles. The average Bonchev–Trinajstić information content (AvgIpc) is 3.26. The zero-order valence-corrected chi connectivity index (χ0v) is 14.2. The number of hydrogen-bond acceptors (Lipinski definition) is 4. The second-order valence-electron chi connectivity index (χ2n) is 6.06. The fourth-order valence-electron chi connectivity index (χ4n) is 3.20. The molecule has 0 atom stereocenters. The highest BCUT2D eigenvalue weighted by Gasteiger charge is 2.26. The number of aromatic nitrogens is 2. The van der Waals surface area contributed by atoms with E-state index >= 15 is 0 Å². The van der Waals surface area contributed by atoms with Crippen molar-refractivity contribution in [2.75, 3.05) is 13.7 Å². The van der Waals surface area contributed by atoms with Gasteiger partial charge in [-0.3, -0.25) is 4.79 Å². The minimum absolute atomic E-state index is 0.00787. The fourth-order valence-corrected chi connectivity index (χ4v) is 3.20. The number of amides is 1. The zero-order valence-electron chi connectivity index (χ0n) is 14.2. The second-order valence-corrected chi connectivity index (χ2v) is 6.06. The maximum atomic E-state index is 12.7. The molecule has 128 valence electrons. The van der Waals surface area contributed by atoms with Crippen molar-refractivity contribution in [3.8, 4) is 17.0 Å². The summed E-state index contributed by atoms with van der Waals surface area (Å²) in [5.74, 6) is 2.37. The van der Waals surface area contributed by atoms with Gasteiger partial charge >= 0.3 is 0 Å². The van der Waals surface area contributed by atoms with Crippen LogP contribution in [0.5, 0.6) is 5.75 Å². The number of rotatable bonds is 3. The van der Waals surface area contributed by atoms with E-state index in [1.807, 2.05) is 35.4 Å². The number of aryl methyl sites for hydroxylation is 1. The molecule has 0 saturated heterocycles. The van der Waals surface area contributed by atoms with Gasteiger partial charge in [0.15, 0.2) is 0 Å². The average molecular weight is 337 g/mol. The van der Waals surface area contributed by atoms with Crippen molar-refractivity contribution in [3.05, 3.63) is 59.9 Å². The zero-order chi connectivity index (χ0) is 17.4. The molecular formula is C19H19N3O3. The van der Waals surface area contributed by atoms with Gasteiger partial charge in [0.2, 0.25) is 0 Å². The molecule has 0 spiro atoms. The predicted molar refractivity (Wildman–Crippen MR) is 92.4 cm³/mol. The van der Waals surface area contributed by atoms with Crippen LogP contribution in [0.1, 0.15) is 21.9 Å². The van der Waals surface area contributed by atoms with Gasteiger partial charge in [-0.05, 0) is 37.3 Å². The molecule has 1 aliphatic heterocycles. The van der Waals surface area contributed by atoms with Crippen LogP contribution in [-0.2, 0) is 13.1 Å². The van der Waals surface area contributed by atoms with Gasteiger partial charge in [0.05, 0.1) is 37.4 Å². The van der Waals surface area contributed by atoms with Gasteiger partial charge in [-0.2, -0.15) is 0 Å². The minimum Gasteiger partial charge on any atom is -0.497 e. The third kappa shape index (κ3) is 2.69. The number of methoxy groups -OCH3 is 1. The Morgan fingerprint density at radius 2 is 2.00 bits per heavy atom. The molecule has 0 fully saturated rings. The molecule has 3 aromatic rings. The molecule has 6 heteroatoms. The molecule has 1 aliphatic rings. The molecule has 0 N–H and O–H groups in total. The number of imidazole rings is 1. The van der Waals surface area contributed by atoms with Crippen molar-refractivity contribution in [3.63, 3.8) is 0 Å². The lowest BCUT2D eigenvalue weighted by Gasteiger charge is -2.28. The Kier molecular flexibility index (Phi) is 3.80. The van der Waals surface area contributed by atoms with Gasteiger partial charge in [-0.1, -0.05) is 0 Å². The molecule has 4 rings (SSSR count). The van der Waals surface area contributed by atoms with Gasteiger partial charge in [0.25, 0.3) is 5.91 Å². The topological polar surface area (TPSA) is 60.5 Å². The van der Waals surface area contributed by atoms with Gasteiger partial charge < -0.3 is 18.6 Å². The lowest BCUT2D eigenvalue weighted by molar-refractivity contribution is 0.0706. The Morgan fingerprint density at radius 1 is 1.20 bits per heavy atom. The van der Waals surface area contributed by atoms with Crippen molar-refractivity contribution in [2.24, 2.45) is 0 Å². The quantitative estimate of drug-likeness (QED) is 0.737. The van der Waals surface area contributed by atoms with Crippen LogP contribution in [0.2, 0.25) is 0 Å². The van der Waals surface area contributed by atoms with E-state index in [1.165, 1.54) is 0 Å². The number of benzene rings is 1. The summed E-state index contributed by atoms with van der Waals surface area (Å²) in [6.07, 6.45) is 3.42. The fraction of sp³-hybridized carbons (Fsp3) is 0.263. The lowest BCUT2D eigenvalue weighted by atomic mass is 10.1. The third-order valence-electron chi connectivity index (χ3n) is 4.63. The SMILES string of the molecule is COc1ccc(-c2cnc3n2CCN(C(=O)c2ccoc2C)C3)cc1. The van der Waals surface area contributed by atoms with Crippen molar-refractivity contribution in [1.82, 2.24) is 14.5 Å². The number of carbonyl (C=O) groups is 1. The van der Waals surface area contributed by atoms with Crippen LogP contribution in [-0.4, -0.2) is 34.0 Å². The number of furan rings is 1. The Hall–Kier alpha value is -3.02. The molecule has 0 radical (unpaired) electrons.